The van der Waals surface area contributed by atoms with Crippen molar-refractivity contribution in [3.05, 3.63) is 5.75 Å². The predicted molar refractivity (Wildman–Crippen MR) is 41.9 cm³/mol. The molecule has 0 atom stereocenters. The van der Waals surface area contributed by atoms with Crippen molar-refractivity contribution in [1.82, 2.24) is 0 Å². The normalized spacial score (nSPS) is 12.0. The van der Waals surface area contributed by atoms with Gasteiger partial charge in [0.2, 0.25) is 0 Å². The first-order valence-electron chi connectivity index (χ1n) is 3.08. The van der Waals surface area contributed by atoms with Crippen LogP contribution in [0.2, 0.25) is 0 Å². The molecular weight excluding hydrogens is 116 g/mol. The Morgan fingerprint density at radius 2 is 2.00 bits per heavy atom. The fraction of sp³-hybridized carbons (Fsp3) is 0.857. The topological polar surface area (TPSA) is 0 Å². The van der Waals surface area contributed by atoms with Crippen molar-refractivity contribution in [2.45, 2.75) is 38.9 Å². The zero-order valence-corrected chi connectivity index (χ0v) is 7.01. The number of thioether (sulfide) groups is 1. The zero-order valence-electron chi connectivity index (χ0n) is 6.19. The number of rotatable bonds is 3. The summed E-state index contributed by atoms with van der Waals surface area (Å²) in [6, 6.07) is 0. The second kappa shape index (κ2) is 3.39. The molecule has 0 spiro atoms. The van der Waals surface area contributed by atoms with E-state index in [2.05, 4.69) is 33.4 Å². The minimum Gasteiger partial charge on any atom is -0.151 e. The SMILES string of the molecule is C[CH]SC(C)(C)CC. The van der Waals surface area contributed by atoms with Gasteiger partial charge in [0.25, 0.3) is 0 Å². The maximum Gasteiger partial charge on any atom is 0.0141 e. The maximum absolute atomic E-state index is 2.26. The van der Waals surface area contributed by atoms with E-state index >= 15 is 0 Å². The Hall–Kier alpha value is 0.350. The minimum absolute atomic E-state index is 0.453. The van der Waals surface area contributed by atoms with Gasteiger partial charge in [0, 0.05) is 10.5 Å². The van der Waals surface area contributed by atoms with Crippen LogP contribution in [-0.2, 0) is 0 Å². The van der Waals surface area contributed by atoms with Crippen molar-refractivity contribution >= 4 is 11.8 Å². The van der Waals surface area contributed by atoms with Crippen molar-refractivity contribution < 1.29 is 0 Å². The van der Waals surface area contributed by atoms with Gasteiger partial charge in [-0.25, -0.2) is 0 Å². The molecule has 0 aromatic heterocycles. The van der Waals surface area contributed by atoms with E-state index in [1.165, 1.54) is 6.42 Å². The standard InChI is InChI=1S/C7H15S/c1-5-7(3,4)8-6-2/h6H,5H2,1-4H3. The molecule has 8 heavy (non-hydrogen) atoms. The molecule has 0 saturated heterocycles. The molecule has 0 amide bonds. The van der Waals surface area contributed by atoms with E-state index in [9.17, 15) is 0 Å². The van der Waals surface area contributed by atoms with Crippen LogP contribution in [0.4, 0.5) is 0 Å². The van der Waals surface area contributed by atoms with Crippen LogP contribution in [0.3, 0.4) is 0 Å². The van der Waals surface area contributed by atoms with Crippen molar-refractivity contribution in [2.24, 2.45) is 0 Å². The molecule has 1 heteroatoms. The second-order valence-electron chi connectivity index (χ2n) is 2.47. The van der Waals surface area contributed by atoms with E-state index in [1.54, 1.807) is 0 Å². The van der Waals surface area contributed by atoms with E-state index in [1.807, 2.05) is 11.8 Å². The fourth-order valence-electron chi connectivity index (χ4n) is 0.402. The molecule has 0 aliphatic carbocycles. The van der Waals surface area contributed by atoms with Crippen LogP contribution < -0.4 is 0 Å². The smallest absolute Gasteiger partial charge is 0.0141 e. The van der Waals surface area contributed by atoms with Gasteiger partial charge in [0.05, 0.1) is 0 Å². The van der Waals surface area contributed by atoms with Gasteiger partial charge in [-0.2, -0.15) is 11.8 Å². The molecule has 0 fully saturated rings. The first-order valence-corrected chi connectivity index (χ1v) is 3.96. The molecule has 0 aliphatic rings. The monoisotopic (exact) mass is 131 g/mol. The zero-order chi connectivity index (χ0) is 6.62. The van der Waals surface area contributed by atoms with Crippen molar-refractivity contribution in [2.75, 3.05) is 0 Å². The summed E-state index contributed by atoms with van der Waals surface area (Å²) in [4.78, 5) is 0. The molecule has 0 heterocycles. The molecule has 49 valence electrons. The third-order valence-electron chi connectivity index (χ3n) is 1.29. The molecule has 0 aromatic carbocycles. The molecule has 0 nitrogen and oxygen atoms in total. The summed E-state index contributed by atoms with van der Waals surface area (Å²) >= 11 is 1.91. The lowest BCUT2D eigenvalue weighted by Crippen LogP contribution is -2.10. The van der Waals surface area contributed by atoms with Gasteiger partial charge in [-0.3, -0.25) is 0 Å². The van der Waals surface area contributed by atoms with Crippen molar-refractivity contribution in [3.8, 4) is 0 Å². The lowest BCUT2D eigenvalue weighted by Gasteiger charge is -2.19. The van der Waals surface area contributed by atoms with Crippen LogP contribution in [0, 0.1) is 5.75 Å². The highest BCUT2D eigenvalue weighted by molar-refractivity contribution is 8.02. The predicted octanol–water partition coefficient (Wildman–Crippen LogP) is 3.09. The lowest BCUT2D eigenvalue weighted by molar-refractivity contribution is 0.687. The van der Waals surface area contributed by atoms with Gasteiger partial charge in [-0.05, 0) is 6.42 Å². The minimum atomic E-state index is 0.453. The van der Waals surface area contributed by atoms with Crippen LogP contribution in [0.25, 0.3) is 0 Å². The largest absolute Gasteiger partial charge is 0.151 e. The Kier molecular flexibility index (Phi) is 3.54. The summed E-state index contributed by atoms with van der Waals surface area (Å²) in [6.07, 6.45) is 1.24. The Morgan fingerprint density at radius 3 is 2.12 bits per heavy atom. The average molecular weight is 131 g/mol. The molecule has 0 saturated carbocycles. The Morgan fingerprint density at radius 1 is 1.50 bits per heavy atom. The van der Waals surface area contributed by atoms with Crippen LogP contribution in [0.1, 0.15) is 34.1 Å². The Bertz CT molecular complexity index is 57.4. The lowest BCUT2D eigenvalue weighted by atomic mass is 10.1. The average Bonchev–Trinajstić information content (AvgIpc) is 1.67. The van der Waals surface area contributed by atoms with E-state index in [4.69, 9.17) is 0 Å². The number of hydrogen-bond acceptors (Lipinski definition) is 1. The van der Waals surface area contributed by atoms with E-state index in [0.29, 0.717) is 4.75 Å². The van der Waals surface area contributed by atoms with E-state index < -0.39 is 0 Å². The number of hydrogen-bond donors (Lipinski definition) is 0. The summed E-state index contributed by atoms with van der Waals surface area (Å²) in [5.41, 5.74) is 0. The molecule has 0 aliphatic heterocycles. The first kappa shape index (κ1) is 8.35. The molecule has 0 rings (SSSR count). The van der Waals surface area contributed by atoms with Crippen molar-refractivity contribution in [3.63, 3.8) is 0 Å². The highest BCUT2D eigenvalue weighted by Gasteiger charge is 2.12. The van der Waals surface area contributed by atoms with Crippen LogP contribution >= 0.6 is 11.8 Å². The van der Waals surface area contributed by atoms with Gasteiger partial charge in [0.15, 0.2) is 0 Å². The highest BCUT2D eigenvalue weighted by atomic mass is 32.2. The molecular formula is C7H15S. The summed E-state index contributed by atoms with van der Waals surface area (Å²) in [7, 11) is 0. The van der Waals surface area contributed by atoms with Gasteiger partial charge < -0.3 is 0 Å². The van der Waals surface area contributed by atoms with Crippen LogP contribution in [-0.4, -0.2) is 4.75 Å². The molecule has 0 unspecified atom stereocenters. The van der Waals surface area contributed by atoms with Gasteiger partial charge in [-0.15, -0.1) is 0 Å². The fourth-order valence-corrected chi connectivity index (χ4v) is 1.21. The summed E-state index contributed by atoms with van der Waals surface area (Å²) in [5.74, 6) is 2.16. The van der Waals surface area contributed by atoms with E-state index in [0.717, 1.165) is 0 Å². The maximum atomic E-state index is 2.26. The van der Waals surface area contributed by atoms with Gasteiger partial charge in [-0.1, -0.05) is 27.7 Å². The molecule has 0 N–H and O–H groups in total. The van der Waals surface area contributed by atoms with E-state index in [-0.39, 0.29) is 0 Å². The quantitative estimate of drug-likeness (QED) is 0.567. The van der Waals surface area contributed by atoms with Gasteiger partial charge >= 0.3 is 0 Å². The Balaban J connectivity index is 3.37. The summed E-state index contributed by atoms with van der Waals surface area (Å²) < 4.78 is 0.453. The molecule has 0 bridgehead atoms. The van der Waals surface area contributed by atoms with Crippen molar-refractivity contribution in [1.29, 1.82) is 0 Å². The molecule has 1 radical (unpaired) electrons. The summed E-state index contributed by atoms with van der Waals surface area (Å²) in [5, 5.41) is 0. The Labute approximate surface area is 57.1 Å². The van der Waals surface area contributed by atoms with Crippen LogP contribution in [0.15, 0.2) is 0 Å². The first-order chi connectivity index (χ1) is 3.62. The van der Waals surface area contributed by atoms with Gasteiger partial charge in [0.1, 0.15) is 0 Å². The van der Waals surface area contributed by atoms with Crippen LogP contribution in [0.5, 0.6) is 0 Å². The summed E-state index contributed by atoms with van der Waals surface area (Å²) in [6.45, 7) is 8.83. The third kappa shape index (κ3) is 3.36. The molecule has 0 aromatic rings. The second-order valence-corrected chi connectivity index (χ2v) is 4.28. The third-order valence-corrected chi connectivity index (χ3v) is 2.45. The highest BCUT2D eigenvalue weighted by Crippen LogP contribution is 2.28.